The fourth-order valence-electron chi connectivity index (χ4n) is 1.96. The quantitative estimate of drug-likeness (QED) is 0.549. The van der Waals surface area contributed by atoms with E-state index < -0.39 is 0 Å². The first-order valence-electron chi connectivity index (χ1n) is 6.55. The van der Waals surface area contributed by atoms with Crippen molar-refractivity contribution in [2.45, 2.75) is 37.4 Å². The summed E-state index contributed by atoms with van der Waals surface area (Å²) < 4.78 is 1.93. The summed E-state index contributed by atoms with van der Waals surface area (Å²) in [7, 11) is 0. The Balaban J connectivity index is 2.02. The van der Waals surface area contributed by atoms with Crippen LogP contribution in [0.2, 0.25) is 0 Å². The maximum atomic E-state index is 4.42. The molecule has 0 saturated heterocycles. The molecule has 18 heavy (non-hydrogen) atoms. The van der Waals surface area contributed by atoms with E-state index in [9.17, 15) is 0 Å². The average Bonchev–Trinajstić information content (AvgIpc) is 2.89. The van der Waals surface area contributed by atoms with Crippen molar-refractivity contribution in [1.29, 1.82) is 0 Å². The number of halogens is 1. The monoisotopic (exact) mass is 306 g/mol. The number of para-hydroxylation sites is 1. The van der Waals surface area contributed by atoms with Crippen molar-refractivity contribution in [3.05, 3.63) is 48.3 Å². The van der Waals surface area contributed by atoms with Gasteiger partial charge < -0.3 is 0 Å². The summed E-state index contributed by atoms with van der Waals surface area (Å²) in [6.07, 6.45) is 9.08. The predicted octanol–water partition coefficient (Wildman–Crippen LogP) is 4.89. The molecule has 1 aromatic heterocycles. The number of unbranched alkanes of at least 4 members (excludes halogenated alkanes) is 2. The smallest absolute Gasteiger partial charge is 0.0645 e. The number of hydrogen-bond donors (Lipinski definition) is 0. The van der Waals surface area contributed by atoms with Gasteiger partial charge in [0, 0.05) is 16.6 Å². The molecule has 96 valence electrons. The molecule has 0 spiro atoms. The number of hydrogen-bond acceptors (Lipinski definition) is 1. The van der Waals surface area contributed by atoms with Gasteiger partial charge in [0.05, 0.1) is 11.9 Å². The Morgan fingerprint density at radius 2 is 2.00 bits per heavy atom. The third-order valence-electron chi connectivity index (χ3n) is 3.05. The molecule has 0 amide bonds. The number of alkyl halides is 1. The largest absolute Gasteiger partial charge is 0.241 e. The predicted molar refractivity (Wildman–Crippen MR) is 79.4 cm³/mol. The van der Waals surface area contributed by atoms with Crippen LogP contribution in [-0.2, 0) is 0 Å². The van der Waals surface area contributed by atoms with E-state index in [1.165, 1.54) is 31.2 Å². The van der Waals surface area contributed by atoms with Crippen LogP contribution in [-0.4, -0.2) is 9.78 Å². The van der Waals surface area contributed by atoms with Crippen molar-refractivity contribution < 1.29 is 0 Å². The lowest BCUT2D eigenvalue weighted by Gasteiger charge is -2.06. The van der Waals surface area contributed by atoms with E-state index >= 15 is 0 Å². The van der Waals surface area contributed by atoms with Crippen molar-refractivity contribution in [2.24, 2.45) is 0 Å². The molecule has 0 aliphatic rings. The first-order valence-corrected chi connectivity index (χ1v) is 7.47. The van der Waals surface area contributed by atoms with E-state index in [-0.39, 0.29) is 0 Å². The Morgan fingerprint density at radius 1 is 1.22 bits per heavy atom. The third kappa shape index (κ3) is 3.45. The van der Waals surface area contributed by atoms with Crippen molar-refractivity contribution in [2.75, 3.05) is 0 Å². The van der Waals surface area contributed by atoms with Gasteiger partial charge in [0.15, 0.2) is 0 Å². The van der Waals surface area contributed by atoms with Crippen LogP contribution in [0.1, 0.15) is 43.0 Å². The summed E-state index contributed by atoms with van der Waals surface area (Å²) in [5.41, 5.74) is 2.37. The molecule has 0 aliphatic heterocycles. The average molecular weight is 307 g/mol. The van der Waals surface area contributed by atoms with Gasteiger partial charge in [-0.3, -0.25) is 0 Å². The van der Waals surface area contributed by atoms with Crippen LogP contribution in [0.15, 0.2) is 42.7 Å². The molecule has 0 aliphatic carbocycles. The summed E-state index contributed by atoms with van der Waals surface area (Å²) in [6, 6.07) is 10.2. The first kappa shape index (κ1) is 13.3. The Labute approximate surface area is 117 Å². The Bertz CT molecular complexity index is 464. The van der Waals surface area contributed by atoms with Gasteiger partial charge in [0.25, 0.3) is 0 Å². The molecule has 2 aromatic rings. The zero-order chi connectivity index (χ0) is 12.8. The fourth-order valence-corrected chi connectivity index (χ4v) is 2.52. The molecule has 0 saturated carbocycles. The summed E-state index contributed by atoms with van der Waals surface area (Å²) >= 11 is 3.75. The van der Waals surface area contributed by atoms with Crippen LogP contribution >= 0.6 is 15.9 Å². The van der Waals surface area contributed by atoms with Gasteiger partial charge in [0.2, 0.25) is 0 Å². The number of rotatable bonds is 6. The summed E-state index contributed by atoms with van der Waals surface area (Å²) in [4.78, 5) is 0.418. The van der Waals surface area contributed by atoms with E-state index in [2.05, 4.69) is 46.3 Å². The molecule has 2 nitrogen and oxygen atoms in total. The molecule has 1 unspecified atom stereocenters. The Morgan fingerprint density at radius 3 is 2.72 bits per heavy atom. The van der Waals surface area contributed by atoms with Crippen LogP contribution in [0.25, 0.3) is 5.69 Å². The lowest BCUT2D eigenvalue weighted by atomic mass is 10.1. The molecular formula is C15H19BrN2. The molecule has 0 bridgehead atoms. The summed E-state index contributed by atoms with van der Waals surface area (Å²) in [5.74, 6) is 0. The summed E-state index contributed by atoms with van der Waals surface area (Å²) in [6.45, 7) is 2.23. The van der Waals surface area contributed by atoms with Gasteiger partial charge in [-0.15, -0.1) is 0 Å². The highest BCUT2D eigenvalue weighted by atomic mass is 79.9. The highest BCUT2D eigenvalue weighted by Crippen LogP contribution is 2.28. The molecule has 3 heteroatoms. The van der Waals surface area contributed by atoms with E-state index in [1.54, 1.807) is 0 Å². The summed E-state index contributed by atoms with van der Waals surface area (Å²) in [5, 5.41) is 4.42. The highest BCUT2D eigenvalue weighted by molar-refractivity contribution is 9.09. The second-order valence-corrected chi connectivity index (χ2v) is 5.62. The second-order valence-electron chi connectivity index (χ2n) is 4.52. The van der Waals surface area contributed by atoms with Gasteiger partial charge in [0.1, 0.15) is 0 Å². The number of benzene rings is 1. The molecule has 0 radical (unpaired) electrons. The molecule has 1 atom stereocenters. The minimum atomic E-state index is 0.418. The van der Waals surface area contributed by atoms with Gasteiger partial charge in [-0.25, -0.2) is 4.68 Å². The minimum absolute atomic E-state index is 0.418. The van der Waals surface area contributed by atoms with E-state index in [4.69, 9.17) is 0 Å². The van der Waals surface area contributed by atoms with Crippen LogP contribution in [0, 0.1) is 0 Å². The molecule has 1 aromatic carbocycles. The van der Waals surface area contributed by atoms with Crippen molar-refractivity contribution in [3.8, 4) is 5.69 Å². The molecule has 0 fully saturated rings. The minimum Gasteiger partial charge on any atom is -0.241 e. The molecule has 2 rings (SSSR count). The maximum absolute atomic E-state index is 4.42. The second kappa shape index (κ2) is 6.74. The van der Waals surface area contributed by atoms with Crippen LogP contribution < -0.4 is 0 Å². The van der Waals surface area contributed by atoms with E-state index in [0.717, 1.165) is 5.69 Å². The Hall–Kier alpha value is -1.09. The topological polar surface area (TPSA) is 17.8 Å². The first-order chi connectivity index (χ1) is 8.81. The number of aromatic nitrogens is 2. The highest BCUT2D eigenvalue weighted by Gasteiger charge is 2.10. The molecule has 1 heterocycles. The van der Waals surface area contributed by atoms with Gasteiger partial charge in [-0.05, 0) is 18.6 Å². The van der Waals surface area contributed by atoms with E-state index in [1.807, 2.05) is 29.1 Å². The van der Waals surface area contributed by atoms with Crippen molar-refractivity contribution >= 4 is 15.9 Å². The van der Waals surface area contributed by atoms with Gasteiger partial charge >= 0.3 is 0 Å². The van der Waals surface area contributed by atoms with Gasteiger partial charge in [-0.2, -0.15) is 5.10 Å². The number of nitrogens with zero attached hydrogens (tertiary/aromatic N) is 2. The lowest BCUT2D eigenvalue weighted by Crippen LogP contribution is -1.93. The molecular weight excluding hydrogens is 288 g/mol. The Kier molecular flexibility index (Phi) is 5.00. The normalized spacial score (nSPS) is 12.6. The van der Waals surface area contributed by atoms with Crippen LogP contribution in [0.4, 0.5) is 0 Å². The van der Waals surface area contributed by atoms with E-state index in [0.29, 0.717) is 4.83 Å². The SMILES string of the molecule is CCCCCC(Br)c1cnn(-c2ccccc2)c1. The van der Waals surface area contributed by atoms with Gasteiger partial charge in [-0.1, -0.05) is 60.3 Å². The standard InChI is InChI=1S/C15H19BrN2/c1-2-3-5-10-15(16)13-11-17-18(12-13)14-8-6-4-7-9-14/h4,6-9,11-12,15H,2-3,5,10H2,1H3. The zero-order valence-electron chi connectivity index (χ0n) is 10.7. The van der Waals surface area contributed by atoms with Crippen LogP contribution in [0.5, 0.6) is 0 Å². The fraction of sp³-hybridized carbons (Fsp3) is 0.400. The van der Waals surface area contributed by atoms with Crippen molar-refractivity contribution in [3.63, 3.8) is 0 Å². The third-order valence-corrected chi connectivity index (χ3v) is 4.03. The molecule has 0 N–H and O–H groups in total. The van der Waals surface area contributed by atoms with Crippen LogP contribution in [0.3, 0.4) is 0 Å². The lowest BCUT2D eigenvalue weighted by molar-refractivity contribution is 0.664. The zero-order valence-corrected chi connectivity index (χ0v) is 12.3. The maximum Gasteiger partial charge on any atom is 0.0645 e. The van der Waals surface area contributed by atoms with Crippen molar-refractivity contribution in [1.82, 2.24) is 9.78 Å².